The van der Waals surface area contributed by atoms with Crippen molar-refractivity contribution < 1.29 is 36.3 Å². The lowest BCUT2D eigenvalue weighted by Gasteiger charge is -2.42. The number of rotatable bonds is 9. The van der Waals surface area contributed by atoms with E-state index in [1.807, 2.05) is 6.07 Å². The van der Waals surface area contributed by atoms with Gasteiger partial charge in [-0.2, -0.15) is 18.2 Å². The molecular weight excluding hydrogens is 663 g/mol. The van der Waals surface area contributed by atoms with Crippen LogP contribution in [0.4, 0.5) is 55.6 Å². The highest BCUT2D eigenvalue weighted by Gasteiger charge is 2.45. The molecule has 1 aromatic carbocycles. The molecule has 11 nitrogen and oxygen atoms in total. The maximum Gasteiger partial charge on any atom is 0.406 e. The summed E-state index contributed by atoms with van der Waals surface area (Å²) in [7, 11) is 1.50. The second kappa shape index (κ2) is 14.6. The summed E-state index contributed by atoms with van der Waals surface area (Å²) in [5.74, 6) is -2.84. The standard InChI is InChI=1S/C34H43F5N8O3/c1-3-29(48)41-25-17-26(28(50-2)18-27(25)45-15-9-23(10-16-45)44-13-5-4-6-14-44)42-31-40-19-22-20-46(21-34(37,38)39)32(49)47(30(22)43-31)24-7-11-33(35,36)12-8-24/h3,17-19,23-24H,1,4-16,20-21H2,2H3,(H,41,48)(H,40,42,43). The molecule has 1 aliphatic carbocycles. The molecule has 2 aromatic rings. The van der Waals surface area contributed by atoms with Crippen LogP contribution in [0.2, 0.25) is 0 Å². The minimum Gasteiger partial charge on any atom is -0.494 e. The molecule has 1 saturated carbocycles. The minimum atomic E-state index is -4.66. The van der Waals surface area contributed by atoms with Crippen molar-refractivity contribution in [1.82, 2.24) is 19.8 Å². The van der Waals surface area contributed by atoms with E-state index in [4.69, 9.17) is 4.74 Å². The molecule has 3 aliphatic heterocycles. The Balaban J connectivity index is 1.28. The average Bonchev–Trinajstić information content (AvgIpc) is 3.09. The lowest BCUT2D eigenvalue weighted by molar-refractivity contribution is -0.141. The Hall–Kier alpha value is -4.21. The number of methoxy groups -OCH3 is 1. The SMILES string of the molecule is C=CC(=O)Nc1cc(Nc2ncc3c(n2)N(C2CCC(F)(F)CC2)C(=O)N(CC(F)(F)F)C3)c(OC)cc1N1CCC(N2CCCCC2)CC1. The molecule has 2 saturated heterocycles. The molecule has 6 rings (SSSR count). The molecule has 0 spiro atoms. The van der Waals surface area contributed by atoms with E-state index in [0.717, 1.165) is 49.6 Å². The van der Waals surface area contributed by atoms with Gasteiger partial charge in [0.15, 0.2) is 0 Å². The van der Waals surface area contributed by atoms with Crippen LogP contribution in [-0.4, -0.2) is 95.7 Å². The van der Waals surface area contributed by atoms with Crippen molar-refractivity contribution >= 4 is 40.8 Å². The number of hydrogen-bond acceptors (Lipinski definition) is 8. The maximum atomic E-state index is 14.0. The van der Waals surface area contributed by atoms with Gasteiger partial charge in [0.05, 0.1) is 30.7 Å². The predicted octanol–water partition coefficient (Wildman–Crippen LogP) is 6.69. The van der Waals surface area contributed by atoms with Gasteiger partial charge in [0.1, 0.15) is 18.1 Å². The lowest BCUT2D eigenvalue weighted by Crippen LogP contribution is -2.55. The van der Waals surface area contributed by atoms with E-state index in [-0.39, 0.29) is 30.2 Å². The van der Waals surface area contributed by atoms with Crippen molar-refractivity contribution in [2.75, 3.05) is 60.3 Å². The Kier molecular flexibility index (Phi) is 10.4. The van der Waals surface area contributed by atoms with Gasteiger partial charge < -0.3 is 30.1 Å². The van der Waals surface area contributed by atoms with Crippen LogP contribution in [0.3, 0.4) is 0 Å². The number of aromatic nitrogens is 2. The number of alkyl halides is 5. The van der Waals surface area contributed by atoms with Gasteiger partial charge in [-0.05, 0) is 63.8 Å². The highest BCUT2D eigenvalue weighted by molar-refractivity contribution is 6.02. The van der Waals surface area contributed by atoms with Crippen LogP contribution in [0.5, 0.6) is 5.75 Å². The van der Waals surface area contributed by atoms with Crippen LogP contribution >= 0.6 is 0 Å². The molecule has 4 heterocycles. The Labute approximate surface area is 287 Å². The van der Waals surface area contributed by atoms with Crippen LogP contribution in [0.15, 0.2) is 31.0 Å². The molecule has 1 aromatic heterocycles. The van der Waals surface area contributed by atoms with Gasteiger partial charge in [0.25, 0.3) is 0 Å². The summed E-state index contributed by atoms with van der Waals surface area (Å²) in [5, 5.41) is 5.97. The first-order chi connectivity index (χ1) is 23.8. The molecular formula is C34H43F5N8O3. The summed E-state index contributed by atoms with van der Waals surface area (Å²) in [6, 6.07) is 2.29. The second-order valence-corrected chi connectivity index (χ2v) is 13.5. The van der Waals surface area contributed by atoms with Crippen molar-refractivity contribution in [3.63, 3.8) is 0 Å². The minimum absolute atomic E-state index is 0.00125. The monoisotopic (exact) mass is 706 g/mol. The quantitative estimate of drug-likeness (QED) is 0.220. The normalized spacial score (nSPS) is 20.8. The fourth-order valence-electron chi connectivity index (χ4n) is 7.50. The fraction of sp³-hybridized carbons (Fsp3) is 0.588. The Morgan fingerprint density at radius 3 is 2.38 bits per heavy atom. The number of nitrogens with one attached hydrogen (secondary N) is 2. The van der Waals surface area contributed by atoms with Crippen molar-refractivity contribution in [2.24, 2.45) is 0 Å². The van der Waals surface area contributed by atoms with Gasteiger partial charge in [-0.15, -0.1) is 0 Å². The summed E-state index contributed by atoms with van der Waals surface area (Å²) in [6.45, 7) is 5.50. The lowest BCUT2D eigenvalue weighted by atomic mass is 9.90. The van der Waals surface area contributed by atoms with Crippen LogP contribution in [0.1, 0.15) is 63.4 Å². The average molecular weight is 707 g/mol. The zero-order valence-corrected chi connectivity index (χ0v) is 28.1. The smallest absolute Gasteiger partial charge is 0.406 e. The van der Waals surface area contributed by atoms with Gasteiger partial charge in [-0.25, -0.2) is 18.6 Å². The number of urea groups is 1. The summed E-state index contributed by atoms with van der Waals surface area (Å²) in [5.41, 5.74) is 1.89. The fourth-order valence-corrected chi connectivity index (χ4v) is 7.50. The van der Waals surface area contributed by atoms with Crippen LogP contribution in [0, 0.1) is 0 Å². The third-order valence-corrected chi connectivity index (χ3v) is 10.0. The number of fused-ring (bicyclic) bond motifs is 1. The van der Waals surface area contributed by atoms with E-state index in [1.54, 1.807) is 6.07 Å². The van der Waals surface area contributed by atoms with E-state index in [9.17, 15) is 31.5 Å². The summed E-state index contributed by atoms with van der Waals surface area (Å²) in [6.07, 6.45) is 2.35. The number of likely N-dealkylation sites (tertiary alicyclic amines) is 1. The van der Waals surface area contributed by atoms with Crippen molar-refractivity contribution in [3.8, 4) is 5.75 Å². The van der Waals surface area contributed by atoms with Crippen molar-refractivity contribution in [2.45, 2.75) is 88.5 Å². The summed E-state index contributed by atoms with van der Waals surface area (Å²) >= 11 is 0. The van der Waals surface area contributed by atoms with Crippen molar-refractivity contribution in [1.29, 1.82) is 0 Å². The zero-order valence-electron chi connectivity index (χ0n) is 28.1. The molecule has 0 atom stereocenters. The number of nitrogens with zero attached hydrogens (tertiary/aromatic N) is 6. The molecule has 3 fully saturated rings. The summed E-state index contributed by atoms with van der Waals surface area (Å²) < 4.78 is 74.1. The van der Waals surface area contributed by atoms with Gasteiger partial charge in [-0.1, -0.05) is 13.0 Å². The van der Waals surface area contributed by atoms with E-state index in [1.165, 1.54) is 38.6 Å². The number of benzene rings is 1. The number of ether oxygens (including phenoxy) is 1. The van der Waals surface area contributed by atoms with Gasteiger partial charge in [0.2, 0.25) is 17.8 Å². The van der Waals surface area contributed by atoms with E-state index in [0.29, 0.717) is 28.1 Å². The molecule has 0 unspecified atom stereocenters. The Bertz CT molecular complexity index is 1570. The largest absolute Gasteiger partial charge is 0.494 e. The number of anilines is 5. The van der Waals surface area contributed by atoms with E-state index < -0.39 is 56.0 Å². The first-order valence-corrected chi connectivity index (χ1v) is 17.1. The number of amides is 3. The molecule has 272 valence electrons. The molecule has 3 amide bonds. The molecule has 50 heavy (non-hydrogen) atoms. The Morgan fingerprint density at radius 2 is 1.74 bits per heavy atom. The van der Waals surface area contributed by atoms with Gasteiger partial charge in [0, 0.05) is 55.8 Å². The van der Waals surface area contributed by atoms with Crippen LogP contribution in [0.25, 0.3) is 0 Å². The van der Waals surface area contributed by atoms with Crippen LogP contribution < -0.4 is 25.2 Å². The number of carbonyl (C=O) groups excluding carboxylic acids is 2. The topological polar surface area (TPSA) is 106 Å². The second-order valence-electron chi connectivity index (χ2n) is 13.5. The Morgan fingerprint density at radius 1 is 1.04 bits per heavy atom. The molecule has 0 radical (unpaired) electrons. The van der Waals surface area contributed by atoms with E-state index in [2.05, 4.69) is 37.0 Å². The molecule has 16 heteroatoms. The third-order valence-electron chi connectivity index (χ3n) is 10.0. The molecule has 4 aliphatic rings. The number of piperidine rings is 2. The predicted molar refractivity (Wildman–Crippen MR) is 179 cm³/mol. The molecule has 0 bridgehead atoms. The van der Waals surface area contributed by atoms with Gasteiger partial charge in [-0.3, -0.25) is 9.69 Å². The van der Waals surface area contributed by atoms with Crippen molar-refractivity contribution in [3.05, 3.63) is 36.5 Å². The van der Waals surface area contributed by atoms with E-state index >= 15 is 0 Å². The maximum absolute atomic E-state index is 14.0. The number of hydrogen-bond donors (Lipinski definition) is 2. The van der Waals surface area contributed by atoms with Gasteiger partial charge >= 0.3 is 12.2 Å². The first-order valence-electron chi connectivity index (χ1n) is 17.1. The highest BCUT2D eigenvalue weighted by Crippen LogP contribution is 2.42. The number of halogens is 5. The zero-order chi connectivity index (χ0) is 35.6. The number of carbonyl (C=O) groups is 2. The molecule has 2 N–H and O–H groups in total. The third kappa shape index (κ3) is 8.05. The van der Waals surface area contributed by atoms with Crippen LogP contribution in [-0.2, 0) is 11.3 Å². The first kappa shape index (κ1) is 35.6. The highest BCUT2D eigenvalue weighted by atomic mass is 19.4. The summed E-state index contributed by atoms with van der Waals surface area (Å²) in [4.78, 5) is 41.4.